The molecule has 20 heavy (non-hydrogen) atoms. The number of nitrogens with one attached hydrogen (secondary N) is 1. The van der Waals surface area contributed by atoms with Gasteiger partial charge in [0, 0.05) is 13.0 Å². The SMILES string of the molecule is CCCCOC(C)C(=O)N[C@H]1c2ccccc2C[C@H]1O. The average Bonchev–Trinajstić information content (AvgIpc) is 2.75. The number of carbonyl (C=O) groups is 1. The quantitative estimate of drug-likeness (QED) is 0.782. The molecule has 4 heteroatoms. The number of ether oxygens (including phenoxy) is 1. The summed E-state index contributed by atoms with van der Waals surface area (Å²) < 4.78 is 5.48. The van der Waals surface area contributed by atoms with E-state index in [1.807, 2.05) is 24.3 Å². The molecule has 0 fully saturated rings. The van der Waals surface area contributed by atoms with Crippen LogP contribution in [0.1, 0.15) is 43.9 Å². The van der Waals surface area contributed by atoms with Gasteiger partial charge in [0.25, 0.3) is 0 Å². The highest BCUT2D eigenvalue weighted by molar-refractivity contribution is 5.81. The monoisotopic (exact) mass is 277 g/mol. The highest BCUT2D eigenvalue weighted by Crippen LogP contribution is 2.31. The summed E-state index contributed by atoms with van der Waals surface area (Å²) in [7, 11) is 0. The van der Waals surface area contributed by atoms with Crippen LogP contribution < -0.4 is 5.32 Å². The van der Waals surface area contributed by atoms with E-state index in [2.05, 4.69) is 12.2 Å². The van der Waals surface area contributed by atoms with Crippen LogP contribution in [-0.4, -0.2) is 29.8 Å². The Morgan fingerprint density at radius 2 is 2.25 bits per heavy atom. The molecule has 1 unspecified atom stereocenters. The van der Waals surface area contributed by atoms with Crippen LogP contribution in [0.3, 0.4) is 0 Å². The Bertz CT molecular complexity index is 461. The van der Waals surface area contributed by atoms with Crippen molar-refractivity contribution < 1.29 is 14.6 Å². The van der Waals surface area contributed by atoms with Crippen molar-refractivity contribution >= 4 is 5.91 Å². The van der Waals surface area contributed by atoms with Crippen molar-refractivity contribution in [1.82, 2.24) is 5.32 Å². The maximum absolute atomic E-state index is 12.1. The number of aliphatic hydroxyl groups excluding tert-OH is 1. The van der Waals surface area contributed by atoms with Crippen LogP contribution in [0.5, 0.6) is 0 Å². The van der Waals surface area contributed by atoms with Gasteiger partial charge in [-0.3, -0.25) is 4.79 Å². The second-order valence-electron chi connectivity index (χ2n) is 5.32. The molecule has 1 aromatic rings. The molecule has 1 aliphatic rings. The number of aliphatic hydroxyl groups is 1. The first kappa shape index (κ1) is 15.0. The van der Waals surface area contributed by atoms with Crippen LogP contribution in [0.4, 0.5) is 0 Å². The molecule has 1 aliphatic carbocycles. The van der Waals surface area contributed by atoms with Gasteiger partial charge >= 0.3 is 0 Å². The minimum Gasteiger partial charge on any atom is -0.390 e. The van der Waals surface area contributed by atoms with E-state index in [1.165, 1.54) is 0 Å². The third-order valence-electron chi connectivity index (χ3n) is 3.74. The van der Waals surface area contributed by atoms with Gasteiger partial charge in [0.2, 0.25) is 5.91 Å². The highest BCUT2D eigenvalue weighted by Gasteiger charge is 2.32. The Balaban J connectivity index is 1.94. The average molecular weight is 277 g/mol. The lowest BCUT2D eigenvalue weighted by Gasteiger charge is -2.20. The van der Waals surface area contributed by atoms with Crippen LogP contribution in [0.2, 0.25) is 0 Å². The van der Waals surface area contributed by atoms with E-state index >= 15 is 0 Å². The van der Waals surface area contributed by atoms with Crippen molar-refractivity contribution in [2.75, 3.05) is 6.61 Å². The van der Waals surface area contributed by atoms with Gasteiger partial charge < -0.3 is 15.2 Å². The molecule has 2 rings (SSSR count). The van der Waals surface area contributed by atoms with E-state index in [0.717, 1.165) is 24.0 Å². The summed E-state index contributed by atoms with van der Waals surface area (Å²) in [6.07, 6.45) is 1.54. The molecule has 3 atom stereocenters. The number of fused-ring (bicyclic) bond motifs is 1. The Morgan fingerprint density at radius 3 is 3.00 bits per heavy atom. The molecule has 0 aromatic heterocycles. The predicted octanol–water partition coefficient (Wildman–Crippen LogP) is 1.97. The molecule has 1 aromatic carbocycles. The number of amides is 1. The standard InChI is InChI=1S/C16H23NO3/c1-3-4-9-20-11(2)16(19)17-15-13-8-6-5-7-12(13)10-14(15)18/h5-8,11,14-15,18H,3-4,9-10H2,1-2H3,(H,17,19)/t11?,14-,15+/m1/s1. The molecule has 0 saturated carbocycles. The van der Waals surface area contributed by atoms with Gasteiger partial charge in [-0.25, -0.2) is 0 Å². The molecule has 0 aliphatic heterocycles. The second-order valence-corrected chi connectivity index (χ2v) is 5.32. The van der Waals surface area contributed by atoms with Crippen molar-refractivity contribution in [3.05, 3.63) is 35.4 Å². The zero-order chi connectivity index (χ0) is 14.5. The first-order chi connectivity index (χ1) is 9.63. The van der Waals surface area contributed by atoms with Gasteiger partial charge in [0.05, 0.1) is 12.1 Å². The molecule has 4 nitrogen and oxygen atoms in total. The normalized spacial score (nSPS) is 22.4. The van der Waals surface area contributed by atoms with Crippen molar-refractivity contribution in [2.24, 2.45) is 0 Å². The summed E-state index contributed by atoms with van der Waals surface area (Å²) >= 11 is 0. The number of hydrogen-bond donors (Lipinski definition) is 2. The lowest BCUT2D eigenvalue weighted by atomic mass is 10.1. The molecule has 0 heterocycles. The Morgan fingerprint density at radius 1 is 1.50 bits per heavy atom. The Hall–Kier alpha value is -1.39. The molecule has 1 amide bonds. The van der Waals surface area contributed by atoms with Gasteiger partial charge in [-0.15, -0.1) is 0 Å². The Labute approximate surface area is 120 Å². The van der Waals surface area contributed by atoms with E-state index in [-0.39, 0.29) is 11.9 Å². The number of hydrogen-bond acceptors (Lipinski definition) is 3. The zero-order valence-electron chi connectivity index (χ0n) is 12.1. The summed E-state index contributed by atoms with van der Waals surface area (Å²) in [5, 5.41) is 13.0. The summed E-state index contributed by atoms with van der Waals surface area (Å²) in [4.78, 5) is 12.1. The first-order valence-corrected chi connectivity index (χ1v) is 7.31. The van der Waals surface area contributed by atoms with Gasteiger partial charge in [0.15, 0.2) is 0 Å². The summed E-state index contributed by atoms with van der Waals surface area (Å²) in [6, 6.07) is 7.50. The second kappa shape index (κ2) is 6.86. The molecule has 2 N–H and O–H groups in total. The minimum absolute atomic E-state index is 0.165. The maximum Gasteiger partial charge on any atom is 0.249 e. The molecule has 0 radical (unpaired) electrons. The lowest BCUT2D eigenvalue weighted by Crippen LogP contribution is -2.40. The predicted molar refractivity (Wildman–Crippen MR) is 77.4 cm³/mol. The van der Waals surface area contributed by atoms with E-state index < -0.39 is 12.2 Å². The number of carbonyl (C=O) groups excluding carboxylic acids is 1. The fourth-order valence-electron chi connectivity index (χ4n) is 2.50. The van der Waals surface area contributed by atoms with Gasteiger partial charge in [-0.1, -0.05) is 37.6 Å². The van der Waals surface area contributed by atoms with Crippen LogP contribution >= 0.6 is 0 Å². The van der Waals surface area contributed by atoms with Gasteiger partial charge in [-0.2, -0.15) is 0 Å². The van der Waals surface area contributed by atoms with Gasteiger partial charge in [0.1, 0.15) is 6.10 Å². The fraction of sp³-hybridized carbons (Fsp3) is 0.562. The molecule has 0 spiro atoms. The number of benzene rings is 1. The minimum atomic E-state index is -0.556. The van der Waals surface area contributed by atoms with Crippen molar-refractivity contribution in [1.29, 1.82) is 0 Å². The highest BCUT2D eigenvalue weighted by atomic mass is 16.5. The molecular weight excluding hydrogens is 254 g/mol. The van der Waals surface area contributed by atoms with E-state index in [4.69, 9.17) is 4.74 Å². The van der Waals surface area contributed by atoms with Crippen molar-refractivity contribution in [3.63, 3.8) is 0 Å². The van der Waals surface area contributed by atoms with Crippen molar-refractivity contribution in [2.45, 2.75) is 51.4 Å². The topological polar surface area (TPSA) is 58.6 Å². The number of rotatable bonds is 6. The molecule has 0 saturated heterocycles. The Kier molecular flexibility index (Phi) is 5.15. The number of unbranched alkanes of at least 4 members (excludes halogenated alkanes) is 1. The summed E-state index contributed by atoms with van der Waals surface area (Å²) in [5.74, 6) is -0.165. The zero-order valence-corrected chi connectivity index (χ0v) is 12.1. The third kappa shape index (κ3) is 3.38. The van der Waals surface area contributed by atoms with Crippen LogP contribution in [0, 0.1) is 0 Å². The van der Waals surface area contributed by atoms with Gasteiger partial charge in [-0.05, 0) is 24.5 Å². The van der Waals surface area contributed by atoms with Crippen LogP contribution in [0.15, 0.2) is 24.3 Å². The third-order valence-corrected chi connectivity index (χ3v) is 3.74. The van der Waals surface area contributed by atoms with E-state index in [1.54, 1.807) is 6.92 Å². The smallest absolute Gasteiger partial charge is 0.249 e. The lowest BCUT2D eigenvalue weighted by molar-refractivity contribution is -0.133. The summed E-state index contributed by atoms with van der Waals surface area (Å²) in [6.45, 7) is 4.42. The van der Waals surface area contributed by atoms with E-state index in [9.17, 15) is 9.90 Å². The molecule has 110 valence electrons. The van der Waals surface area contributed by atoms with Crippen molar-refractivity contribution in [3.8, 4) is 0 Å². The van der Waals surface area contributed by atoms with Crippen LogP contribution in [0.25, 0.3) is 0 Å². The van der Waals surface area contributed by atoms with E-state index in [0.29, 0.717) is 13.0 Å². The summed E-state index contributed by atoms with van der Waals surface area (Å²) in [5.41, 5.74) is 2.11. The maximum atomic E-state index is 12.1. The fourth-order valence-corrected chi connectivity index (χ4v) is 2.50. The molecule has 0 bridgehead atoms. The van der Waals surface area contributed by atoms with Crippen LogP contribution in [-0.2, 0) is 16.0 Å². The largest absolute Gasteiger partial charge is 0.390 e. The first-order valence-electron chi connectivity index (χ1n) is 7.31. The molecular formula is C16H23NO3.